The van der Waals surface area contributed by atoms with Gasteiger partial charge in [-0.25, -0.2) is 12.7 Å². The van der Waals surface area contributed by atoms with E-state index < -0.39 is 21.2 Å². The van der Waals surface area contributed by atoms with Crippen molar-refractivity contribution in [2.24, 2.45) is 0 Å². The Bertz CT molecular complexity index is 356. The Morgan fingerprint density at radius 1 is 1.50 bits per heavy atom. The molecule has 0 spiro atoms. The molecule has 1 atom stereocenters. The molecular formula is C9H17NO3S. The number of allylic oxidation sites excluding steroid dienone is 1. The summed E-state index contributed by atoms with van der Waals surface area (Å²) in [7, 11) is -2.11. The molecule has 0 bridgehead atoms. The minimum atomic E-state index is -3.41. The first kappa shape index (κ1) is 13.2. The third-order valence-electron chi connectivity index (χ3n) is 2.30. The van der Waals surface area contributed by atoms with E-state index in [4.69, 9.17) is 0 Å². The van der Waals surface area contributed by atoms with Crippen molar-refractivity contribution >= 4 is 15.9 Å². The number of rotatable bonds is 1. The summed E-state index contributed by atoms with van der Waals surface area (Å²) in [6.07, 6.45) is 2.02. The number of hydrogen-bond acceptors (Lipinski definition) is 3. The van der Waals surface area contributed by atoms with Gasteiger partial charge in [0.25, 0.3) is 5.91 Å². The van der Waals surface area contributed by atoms with Gasteiger partial charge < -0.3 is 0 Å². The largest absolute Gasteiger partial charge is 0.268 e. The molecule has 0 N–H and O–H groups in total. The maximum Gasteiger partial charge on any atom is 0.264 e. The lowest BCUT2D eigenvalue weighted by Gasteiger charge is -2.08. The number of carbonyl (C=O) groups is 1. The second-order valence-electron chi connectivity index (χ2n) is 2.96. The molecular weight excluding hydrogens is 202 g/mol. The Morgan fingerprint density at radius 3 is 2.29 bits per heavy atom. The molecule has 82 valence electrons. The zero-order valence-corrected chi connectivity index (χ0v) is 8.76. The van der Waals surface area contributed by atoms with E-state index in [2.05, 4.69) is 0 Å². The van der Waals surface area contributed by atoms with Crippen LogP contribution in [0.3, 0.4) is 0 Å². The number of carbonyl (C=O) groups excluding carboxylic acids is 1. The second kappa shape index (κ2) is 4.13. The van der Waals surface area contributed by atoms with Crippen LogP contribution in [0.5, 0.6) is 0 Å². The molecule has 14 heavy (non-hydrogen) atoms. The summed E-state index contributed by atoms with van der Waals surface area (Å²) in [6, 6.07) is 0. The average molecular weight is 219 g/mol. The zero-order chi connectivity index (χ0) is 10.2. The Morgan fingerprint density at radius 2 is 2.00 bits per heavy atom. The van der Waals surface area contributed by atoms with Crippen molar-refractivity contribution in [3.63, 3.8) is 0 Å². The van der Waals surface area contributed by atoms with Crippen molar-refractivity contribution in [2.75, 3.05) is 7.05 Å². The van der Waals surface area contributed by atoms with Gasteiger partial charge in [-0.1, -0.05) is 20.4 Å². The first-order chi connectivity index (χ1) is 5.96. The highest BCUT2D eigenvalue weighted by atomic mass is 32.2. The Hall–Kier alpha value is -0.840. The van der Waals surface area contributed by atoms with Gasteiger partial charge in [0.05, 0.1) is 0 Å². The third kappa shape index (κ3) is 1.56. The van der Waals surface area contributed by atoms with Crippen LogP contribution in [0, 0.1) is 0 Å². The highest BCUT2D eigenvalue weighted by Crippen LogP contribution is 2.28. The molecule has 1 saturated heterocycles. The Kier molecular flexibility index (Phi) is 3.88. The molecule has 1 fully saturated rings. The number of nitrogens with zero attached hydrogens (tertiary/aromatic N) is 1. The molecule has 1 aliphatic heterocycles. The lowest BCUT2D eigenvalue weighted by Crippen LogP contribution is -2.27. The first-order valence-corrected chi connectivity index (χ1v) is 5.65. The van der Waals surface area contributed by atoms with Crippen LogP contribution in [-0.4, -0.2) is 30.9 Å². The predicted octanol–water partition coefficient (Wildman–Crippen LogP) is 1.15. The smallest absolute Gasteiger partial charge is 0.264 e. The van der Waals surface area contributed by atoms with E-state index in [0.717, 1.165) is 4.31 Å². The zero-order valence-electron chi connectivity index (χ0n) is 7.94. The van der Waals surface area contributed by atoms with Crippen molar-refractivity contribution in [3.8, 4) is 0 Å². The van der Waals surface area contributed by atoms with Crippen LogP contribution in [0.15, 0.2) is 11.6 Å². The molecule has 5 heteroatoms. The lowest BCUT2D eigenvalue weighted by molar-refractivity contribution is -0.121. The number of sulfonamides is 1. The Balaban J connectivity index is 0.00000169. The molecule has 1 heterocycles. The molecule has 1 rings (SSSR count). The quantitative estimate of drug-likeness (QED) is 0.622. The van der Waals surface area contributed by atoms with Crippen LogP contribution in [0.4, 0.5) is 0 Å². The van der Waals surface area contributed by atoms with Gasteiger partial charge in [0.1, 0.15) is 5.25 Å². The second-order valence-corrected chi connectivity index (χ2v) is 5.11. The van der Waals surface area contributed by atoms with Gasteiger partial charge in [-0.2, -0.15) is 0 Å². The van der Waals surface area contributed by atoms with Crippen LogP contribution in [0.2, 0.25) is 0 Å². The fraction of sp³-hybridized carbons (Fsp3) is 0.667. The molecule has 0 aliphatic carbocycles. The van der Waals surface area contributed by atoms with Crippen LogP contribution in [-0.2, 0) is 14.8 Å². The van der Waals surface area contributed by atoms with E-state index in [0.29, 0.717) is 12.0 Å². The number of likely N-dealkylation sites (N-methyl/N-ethyl adjacent to an activating group) is 1. The van der Waals surface area contributed by atoms with Crippen molar-refractivity contribution in [3.05, 3.63) is 11.6 Å². The van der Waals surface area contributed by atoms with Gasteiger partial charge in [0.2, 0.25) is 10.0 Å². The summed E-state index contributed by atoms with van der Waals surface area (Å²) < 4.78 is 24.0. The van der Waals surface area contributed by atoms with E-state index in [-0.39, 0.29) is 7.43 Å². The molecule has 0 aromatic heterocycles. The summed E-state index contributed by atoms with van der Waals surface area (Å²) in [5, 5.41) is -0.644. The molecule has 1 unspecified atom stereocenters. The van der Waals surface area contributed by atoms with Crippen molar-refractivity contribution < 1.29 is 13.2 Å². The van der Waals surface area contributed by atoms with Crippen LogP contribution in [0.1, 0.15) is 27.7 Å². The van der Waals surface area contributed by atoms with Crippen molar-refractivity contribution in [1.29, 1.82) is 0 Å². The topological polar surface area (TPSA) is 54.5 Å². The molecule has 0 radical (unpaired) electrons. The molecule has 0 aromatic rings. The van der Waals surface area contributed by atoms with Crippen molar-refractivity contribution in [2.45, 2.75) is 32.9 Å². The fourth-order valence-corrected chi connectivity index (χ4v) is 3.22. The van der Waals surface area contributed by atoms with E-state index in [1.807, 2.05) is 0 Å². The van der Waals surface area contributed by atoms with E-state index in [1.165, 1.54) is 7.05 Å². The fourth-order valence-electron chi connectivity index (χ4n) is 1.53. The van der Waals surface area contributed by atoms with Gasteiger partial charge >= 0.3 is 0 Å². The SMILES string of the molecule is C.C/C=C1/C(=O)N(C)S(=O)(=O)C1CC. The van der Waals surface area contributed by atoms with Gasteiger partial charge in [-0.15, -0.1) is 0 Å². The average Bonchev–Trinajstić information content (AvgIpc) is 2.25. The Labute approximate surface area is 85.7 Å². The number of hydrogen-bond donors (Lipinski definition) is 0. The van der Waals surface area contributed by atoms with Gasteiger partial charge in [-0.3, -0.25) is 4.79 Å². The summed E-state index contributed by atoms with van der Waals surface area (Å²) >= 11 is 0. The minimum absolute atomic E-state index is 0. The third-order valence-corrected chi connectivity index (χ3v) is 4.54. The minimum Gasteiger partial charge on any atom is -0.268 e. The van der Waals surface area contributed by atoms with Crippen LogP contribution in [0.25, 0.3) is 0 Å². The van der Waals surface area contributed by atoms with Gasteiger partial charge in [0.15, 0.2) is 0 Å². The summed E-state index contributed by atoms with van der Waals surface area (Å²) in [5.74, 6) is -0.394. The van der Waals surface area contributed by atoms with Gasteiger partial charge in [0, 0.05) is 12.6 Å². The van der Waals surface area contributed by atoms with Crippen LogP contribution < -0.4 is 0 Å². The van der Waals surface area contributed by atoms with E-state index in [1.54, 1.807) is 19.9 Å². The highest BCUT2D eigenvalue weighted by molar-refractivity contribution is 7.91. The summed E-state index contributed by atoms with van der Waals surface area (Å²) in [5.41, 5.74) is 0.394. The highest BCUT2D eigenvalue weighted by Gasteiger charge is 2.44. The van der Waals surface area contributed by atoms with Gasteiger partial charge in [-0.05, 0) is 13.3 Å². The predicted molar refractivity (Wildman–Crippen MR) is 56.3 cm³/mol. The first-order valence-electron chi connectivity index (χ1n) is 4.15. The molecule has 1 aliphatic rings. The van der Waals surface area contributed by atoms with E-state index in [9.17, 15) is 13.2 Å². The van der Waals surface area contributed by atoms with Crippen molar-refractivity contribution in [1.82, 2.24) is 4.31 Å². The summed E-state index contributed by atoms with van der Waals surface area (Å²) in [6.45, 7) is 3.45. The molecule has 1 amide bonds. The molecule has 4 nitrogen and oxygen atoms in total. The monoisotopic (exact) mass is 219 g/mol. The van der Waals surface area contributed by atoms with Crippen LogP contribution >= 0.6 is 0 Å². The standard InChI is InChI=1S/C8H13NO3S.CH4/c1-4-6-7(5-2)13(11,12)9(3)8(6)10;/h4,7H,5H2,1-3H3;1H4/b6-4+;. The molecule has 0 aromatic carbocycles. The lowest BCUT2D eigenvalue weighted by atomic mass is 10.1. The normalized spacial score (nSPS) is 27.9. The molecule has 0 saturated carbocycles. The number of amides is 1. The van der Waals surface area contributed by atoms with E-state index >= 15 is 0 Å². The maximum absolute atomic E-state index is 11.6. The maximum atomic E-state index is 11.6. The summed E-state index contributed by atoms with van der Waals surface area (Å²) in [4.78, 5) is 11.4.